The van der Waals surface area contributed by atoms with E-state index in [1.54, 1.807) is 0 Å². The molecule has 1 amide bonds. The maximum atomic E-state index is 11.5. The first-order valence-corrected chi connectivity index (χ1v) is 7.57. The standard InChI is InChI=1S/C10H12Cl2N2O3S/c1-2-18(16,17)5-9(15)14-10-7(12)3-6(11)4-8(10)13/h3-4H,2,5,13H2,1H3,(H,14,15). The molecule has 0 spiro atoms. The van der Waals surface area contributed by atoms with Crippen molar-refractivity contribution in [2.24, 2.45) is 0 Å². The monoisotopic (exact) mass is 310 g/mol. The predicted octanol–water partition coefficient (Wildman–Crippen LogP) is 1.95. The molecular formula is C10H12Cl2N2O3S. The number of sulfone groups is 1. The van der Waals surface area contributed by atoms with Gasteiger partial charge in [-0.15, -0.1) is 0 Å². The van der Waals surface area contributed by atoms with Crippen LogP contribution in [0.25, 0.3) is 0 Å². The molecule has 0 aliphatic heterocycles. The van der Waals surface area contributed by atoms with E-state index in [-0.39, 0.29) is 22.2 Å². The number of nitrogen functional groups attached to an aromatic ring is 1. The van der Waals surface area contributed by atoms with Crippen LogP contribution in [0.5, 0.6) is 0 Å². The van der Waals surface area contributed by atoms with Gasteiger partial charge in [0.1, 0.15) is 5.75 Å². The zero-order chi connectivity index (χ0) is 13.9. The lowest BCUT2D eigenvalue weighted by Gasteiger charge is -2.10. The van der Waals surface area contributed by atoms with Gasteiger partial charge in [0, 0.05) is 10.8 Å². The second-order valence-corrected chi connectivity index (χ2v) is 6.77. The molecule has 0 fully saturated rings. The molecule has 100 valence electrons. The van der Waals surface area contributed by atoms with E-state index in [9.17, 15) is 13.2 Å². The molecule has 8 heteroatoms. The maximum Gasteiger partial charge on any atom is 0.239 e. The van der Waals surface area contributed by atoms with E-state index in [2.05, 4.69) is 5.32 Å². The van der Waals surface area contributed by atoms with E-state index < -0.39 is 21.5 Å². The van der Waals surface area contributed by atoms with Crippen LogP contribution in [0.1, 0.15) is 6.92 Å². The summed E-state index contributed by atoms with van der Waals surface area (Å²) in [5, 5.41) is 2.85. The van der Waals surface area contributed by atoms with Gasteiger partial charge in [-0.1, -0.05) is 30.1 Å². The summed E-state index contributed by atoms with van der Waals surface area (Å²) < 4.78 is 22.6. The fraction of sp³-hybridized carbons (Fsp3) is 0.300. The first-order chi connectivity index (χ1) is 8.25. The number of hydrogen-bond acceptors (Lipinski definition) is 4. The summed E-state index contributed by atoms with van der Waals surface area (Å²) in [4.78, 5) is 11.5. The van der Waals surface area contributed by atoms with Crippen molar-refractivity contribution < 1.29 is 13.2 Å². The third-order valence-corrected chi connectivity index (χ3v) is 4.24. The average molecular weight is 311 g/mol. The number of nitrogens with two attached hydrogens (primary N) is 1. The summed E-state index contributed by atoms with van der Waals surface area (Å²) in [7, 11) is -3.39. The Hall–Kier alpha value is -0.980. The molecular weight excluding hydrogens is 299 g/mol. The van der Waals surface area contributed by atoms with Gasteiger partial charge in [0.25, 0.3) is 0 Å². The molecule has 0 aliphatic carbocycles. The van der Waals surface area contributed by atoms with Gasteiger partial charge in [0.2, 0.25) is 5.91 Å². The number of anilines is 2. The quantitative estimate of drug-likeness (QED) is 0.832. The van der Waals surface area contributed by atoms with Gasteiger partial charge in [-0.25, -0.2) is 8.42 Å². The number of amides is 1. The Labute approximate surface area is 115 Å². The van der Waals surface area contributed by atoms with Gasteiger partial charge in [0.15, 0.2) is 9.84 Å². The van der Waals surface area contributed by atoms with Crippen LogP contribution in [0.2, 0.25) is 10.0 Å². The Bertz CT molecular complexity index is 549. The van der Waals surface area contributed by atoms with Gasteiger partial charge < -0.3 is 11.1 Å². The molecule has 0 saturated carbocycles. The van der Waals surface area contributed by atoms with Crippen LogP contribution in [0.15, 0.2) is 12.1 Å². The molecule has 1 aromatic carbocycles. The molecule has 0 atom stereocenters. The molecule has 5 nitrogen and oxygen atoms in total. The molecule has 3 N–H and O–H groups in total. The number of benzene rings is 1. The van der Waals surface area contributed by atoms with Crippen molar-refractivity contribution in [3.8, 4) is 0 Å². The average Bonchev–Trinajstić information content (AvgIpc) is 2.22. The molecule has 0 saturated heterocycles. The van der Waals surface area contributed by atoms with Crippen molar-refractivity contribution in [3.63, 3.8) is 0 Å². The zero-order valence-corrected chi connectivity index (χ0v) is 11.9. The van der Waals surface area contributed by atoms with E-state index in [4.69, 9.17) is 28.9 Å². The highest BCUT2D eigenvalue weighted by atomic mass is 35.5. The number of hydrogen-bond donors (Lipinski definition) is 2. The van der Waals surface area contributed by atoms with Crippen LogP contribution < -0.4 is 11.1 Å². The maximum absolute atomic E-state index is 11.5. The van der Waals surface area contributed by atoms with Crippen molar-refractivity contribution in [1.29, 1.82) is 0 Å². The van der Waals surface area contributed by atoms with Crippen molar-refractivity contribution in [3.05, 3.63) is 22.2 Å². The zero-order valence-electron chi connectivity index (χ0n) is 9.54. The van der Waals surface area contributed by atoms with Crippen LogP contribution in [0, 0.1) is 0 Å². The molecule has 0 unspecified atom stereocenters. The van der Waals surface area contributed by atoms with Crippen LogP contribution >= 0.6 is 23.2 Å². The van der Waals surface area contributed by atoms with Crippen molar-refractivity contribution in [2.75, 3.05) is 22.6 Å². The van der Waals surface area contributed by atoms with E-state index in [1.807, 2.05) is 0 Å². The molecule has 0 aliphatic rings. The molecule has 1 rings (SSSR count). The fourth-order valence-corrected chi connectivity index (χ4v) is 2.43. The highest BCUT2D eigenvalue weighted by molar-refractivity contribution is 7.92. The minimum Gasteiger partial charge on any atom is -0.397 e. The largest absolute Gasteiger partial charge is 0.397 e. The van der Waals surface area contributed by atoms with E-state index in [1.165, 1.54) is 19.1 Å². The van der Waals surface area contributed by atoms with Gasteiger partial charge >= 0.3 is 0 Å². The molecule has 0 bridgehead atoms. The highest BCUT2D eigenvalue weighted by Gasteiger charge is 2.16. The number of carbonyl (C=O) groups is 1. The second-order valence-electron chi connectivity index (χ2n) is 3.58. The summed E-state index contributed by atoms with van der Waals surface area (Å²) in [6.07, 6.45) is 0. The van der Waals surface area contributed by atoms with Gasteiger partial charge in [-0.2, -0.15) is 0 Å². The van der Waals surface area contributed by atoms with Crippen molar-refractivity contribution >= 4 is 50.3 Å². The third-order valence-electron chi connectivity index (χ3n) is 2.14. The Balaban J connectivity index is 2.90. The molecule has 1 aromatic rings. The predicted molar refractivity (Wildman–Crippen MR) is 73.8 cm³/mol. The Morgan fingerprint density at radius 3 is 2.50 bits per heavy atom. The van der Waals surface area contributed by atoms with Gasteiger partial charge in [0.05, 0.1) is 16.4 Å². The van der Waals surface area contributed by atoms with E-state index >= 15 is 0 Å². The normalized spacial score (nSPS) is 11.3. The van der Waals surface area contributed by atoms with Crippen LogP contribution in [-0.2, 0) is 14.6 Å². The molecule has 18 heavy (non-hydrogen) atoms. The smallest absolute Gasteiger partial charge is 0.239 e. The lowest BCUT2D eigenvalue weighted by molar-refractivity contribution is -0.113. The van der Waals surface area contributed by atoms with Crippen LogP contribution in [0.3, 0.4) is 0 Å². The molecule has 0 radical (unpaired) electrons. The number of carbonyl (C=O) groups excluding carboxylic acids is 1. The Morgan fingerprint density at radius 2 is 2.00 bits per heavy atom. The van der Waals surface area contributed by atoms with Crippen LogP contribution in [-0.4, -0.2) is 25.8 Å². The molecule has 0 aromatic heterocycles. The first kappa shape index (κ1) is 15.1. The highest BCUT2D eigenvalue weighted by Crippen LogP contribution is 2.31. The number of nitrogens with one attached hydrogen (secondary N) is 1. The first-order valence-electron chi connectivity index (χ1n) is 5.00. The van der Waals surface area contributed by atoms with E-state index in [0.717, 1.165) is 0 Å². The lowest BCUT2D eigenvalue weighted by atomic mass is 10.2. The van der Waals surface area contributed by atoms with Crippen molar-refractivity contribution in [1.82, 2.24) is 0 Å². The Kier molecular flexibility index (Phi) is 4.84. The number of halogens is 2. The third kappa shape index (κ3) is 4.04. The summed E-state index contributed by atoms with van der Waals surface area (Å²) in [5.74, 6) is -1.40. The summed E-state index contributed by atoms with van der Waals surface area (Å²) >= 11 is 11.6. The fourth-order valence-electron chi connectivity index (χ4n) is 1.20. The number of rotatable bonds is 4. The minimum atomic E-state index is -3.39. The van der Waals surface area contributed by atoms with Crippen LogP contribution in [0.4, 0.5) is 11.4 Å². The minimum absolute atomic E-state index is 0.107. The molecule has 0 heterocycles. The van der Waals surface area contributed by atoms with Gasteiger partial charge in [-0.3, -0.25) is 4.79 Å². The lowest BCUT2D eigenvalue weighted by Crippen LogP contribution is -2.24. The van der Waals surface area contributed by atoms with Gasteiger partial charge in [-0.05, 0) is 12.1 Å². The SMILES string of the molecule is CCS(=O)(=O)CC(=O)Nc1c(N)cc(Cl)cc1Cl. The van der Waals surface area contributed by atoms with Crippen molar-refractivity contribution in [2.45, 2.75) is 6.92 Å². The topological polar surface area (TPSA) is 89.3 Å². The van der Waals surface area contributed by atoms with E-state index in [0.29, 0.717) is 5.02 Å². The Morgan fingerprint density at radius 1 is 1.39 bits per heavy atom. The summed E-state index contributed by atoms with van der Waals surface area (Å²) in [6, 6.07) is 2.82. The summed E-state index contributed by atoms with van der Waals surface area (Å²) in [6.45, 7) is 1.46. The summed E-state index contributed by atoms with van der Waals surface area (Å²) in [5.41, 5.74) is 5.97. The second kappa shape index (κ2) is 5.77.